The molecular weight excluding hydrogens is 532 g/mol. The molecule has 0 unspecified atom stereocenters. The van der Waals surface area contributed by atoms with E-state index in [1.165, 1.54) is 36.7 Å². The smallest absolute Gasteiger partial charge is 0.270 e. The van der Waals surface area contributed by atoms with Gasteiger partial charge in [0, 0.05) is 49.8 Å². The van der Waals surface area contributed by atoms with E-state index in [1.807, 2.05) is 18.4 Å². The molecule has 1 fully saturated rings. The maximum absolute atomic E-state index is 13.3. The second-order valence-electron chi connectivity index (χ2n) is 11.2. The number of rotatable bonds is 11. The average Bonchev–Trinajstić information content (AvgIpc) is 3.51. The molecule has 208 valence electrons. The van der Waals surface area contributed by atoms with Crippen LogP contribution >= 0.6 is 11.8 Å². The van der Waals surface area contributed by atoms with Gasteiger partial charge in [0.1, 0.15) is 6.73 Å². The van der Waals surface area contributed by atoms with Gasteiger partial charge in [0.15, 0.2) is 5.16 Å². The third kappa shape index (κ3) is 7.52. The van der Waals surface area contributed by atoms with Gasteiger partial charge in [0.05, 0.1) is 16.2 Å². The summed E-state index contributed by atoms with van der Waals surface area (Å²) in [4.78, 5) is 38.2. The number of nitro benzene ring substituents is 1. The third-order valence-electron chi connectivity index (χ3n) is 6.98. The highest BCUT2D eigenvalue weighted by molar-refractivity contribution is 7.99. The van der Waals surface area contributed by atoms with E-state index in [1.54, 1.807) is 18.5 Å². The molecule has 1 amide bonds. The number of hydrogen-bond acceptors (Lipinski definition) is 8. The van der Waals surface area contributed by atoms with Crippen LogP contribution in [0.15, 0.2) is 40.6 Å². The molecule has 0 atom stereocenters. The largest absolute Gasteiger partial charge is 0.361 e. The first kappa shape index (κ1) is 28.9. The van der Waals surface area contributed by atoms with Gasteiger partial charge < -0.3 is 4.74 Å². The molecular formula is C27H36N6O4SSi. The van der Waals surface area contributed by atoms with E-state index in [0.29, 0.717) is 29.3 Å². The second-order valence-corrected chi connectivity index (χ2v) is 17.8. The molecule has 1 N–H and O–H groups in total. The predicted molar refractivity (Wildman–Crippen MR) is 154 cm³/mol. The van der Waals surface area contributed by atoms with Crippen molar-refractivity contribution in [2.75, 3.05) is 11.9 Å². The van der Waals surface area contributed by atoms with Crippen molar-refractivity contribution >= 4 is 37.4 Å². The van der Waals surface area contributed by atoms with Crippen molar-refractivity contribution in [2.24, 2.45) is 0 Å². The molecule has 0 aliphatic heterocycles. The highest BCUT2D eigenvalue weighted by atomic mass is 32.2. The maximum Gasteiger partial charge on any atom is 0.270 e. The van der Waals surface area contributed by atoms with Crippen molar-refractivity contribution in [1.29, 1.82) is 0 Å². The summed E-state index contributed by atoms with van der Waals surface area (Å²) in [7, 11) is -1.22. The van der Waals surface area contributed by atoms with Crippen LogP contribution in [0.4, 0.5) is 11.6 Å². The van der Waals surface area contributed by atoms with Crippen LogP contribution in [0.5, 0.6) is 0 Å². The molecule has 1 aliphatic carbocycles. The molecule has 0 saturated heterocycles. The van der Waals surface area contributed by atoms with Crippen molar-refractivity contribution in [1.82, 2.24) is 19.5 Å². The standard InChI is InChI=1S/C27H36N6O4SSi/c1-18-19(2)32(17-37-12-13-39(3,4)5)27(30-18)38-24-11-10-22(33(35)36)14-23(24)25(34)31-26-28-15-21(16-29-26)20-8-6-7-9-20/h10-11,14-16,20H,6-9,12-13,17H2,1-5H3,(H,28,29,31,34). The van der Waals surface area contributed by atoms with Crippen LogP contribution in [0.3, 0.4) is 0 Å². The van der Waals surface area contributed by atoms with E-state index >= 15 is 0 Å². The fourth-order valence-corrected chi connectivity index (χ4v) is 6.26. The third-order valence-corrected chi connectivity index (χ3v) is 9.76. The Hall–Kier alpha value is -3.09. The number of carbonyl (C=O) groups excluding carboxylic acids is 1. The van der Waals surface area contributed by atoms with Crippen LogP contribution in [0, 0.1) is 24.0 Å². The van der Waals surface area contributed by atoms with E-state index in [-0.39, 0.29) is 17.2 Å². The first-order chi connectivity index (χ1) is 18.5. The number of nitro groups is 1. The molecule has 12 heteroatoms. The van der Waals surface area contributed by atoms with Gasteiger partial charge >= 0.3 is 0 Å². The normalized spacial score (nSPS) is 14.1. The van der Waals surface area contributed by atoms with E-state index < -0.39 is 18.9 Å². The Morgan fingerprint density at radius 3 is 2.54 bits per heavy atom. The van der Waals surface area contributed by atoms with Gasteiger partial charge in [-0.3, -0.25) is 24.8 Å². The lowest BCUT2D eigenvalue weighted by Gasteiger charge is -2.17. The van der Waals surface area contributed by atoms with Gasteiger partial charge in [0.25, 0.3) is 11.6 Å². The van der Waals surface area contributed by atoms with Crippen LogP contribution in [0.1, 0.15) is 58.9 Å². The van der Waals surface area contributed by atoms with E-state index in [4.69, 9.17) is 4.74 Å². The fraction of sp³-hybridized carbons (Fsp3) is 0.481. The summed E-state index contributed by atoms with van der Waals surface area (Å²) in [5.41, 5.74) is 2.88. The summed E-state index contributed by atoms with van der Waals surface area (Å²) in [6, 6.07) is 5.31. The van der Waals surface area contributed by atoms with Gasteiger partial charge in [0.2, 0.25) is 5.95 Å². The minimum Gasteiger partial charge on any atom is -0.361 e. The SMILES string of the molecule is Cc1nc(Sc2ccc([N+](=O)[O-])cc2C(=O)Nc2ncc(C3CCCC3)cn2)n(COCC[Si](C)(C)C)c1C. The van der Waals surface area contributed by atoms with E-state index in [9.17, 15) is 14.9 Å². The number of anilines is 1. The van der Waals surface area contributed by atoms with Gasteiger partial charge in [-0.2, -0.15) is 0 Å². The number of amides is 1. The van der Waals surface area contributed by atoms with Crippen LogP contribution < -0.4 is 5.32 Å². The van der Waals surface area contributed by atoms with Gasteiger partial charge in [-0.15, -0.1) is 0 Å². The summed E-state index contributed by atoms with van der Waals surface area (Å²) in [6.45, 7) is 11.8. The summed E-state index contributed by atoms with van der Waals surface area (Å²) in [5, 5.41) is 14.9. The molecule has 2 heterocycles. The number of ether oxygens (including phenoxy) is 1. The predicted octanol–water partition coefficient (Wildman–Crippen LogP) is 6.57. The molecule has 4 rings (SSSR count). The molecule has 39 heavy (non-hydrogen) atoms. The van der Waals surface area contributed by atoms with Crippen molar-refractivity contribution in [3.63, 3.8) is 0 Å². The topological polar surface area (TPSA) is 125 Å². The number of benzene rings is 1. The molecule has 0 spiro atoms. The number of aromatic nitrogens is 4. The van der Waals surface area contributed by atoms with Gasteiger partial charge in [-0.05, 0) is 50.3 Å². The minimum absolute atomic E-state index is 0.155. The van der Waals surface area contributed by atoms with Crippen molar-refractivity contribution < 1.29 is 14.5 Å². The molecule has 1 saturated carbocycles. The van der Waals surface area contributed by atoms with Crippen LogP contribution in [-0.4, -0.2) is 45.0 Å². The highest BCUT2D eigenvalue weighted by Gasteiger charge is 2.22. The molecule has 1 aromatic carbocycles. The summed E-state index contributed by atoms with van der Waals surface area (Å²) in [6.07, 6.45) is 8.18. The Bertz CT molecular complexity index is 1330. The van der Waals surface area contributed by atoms with Crippen LogP contribution in [0.25, 0.3) is 0 Å². The zero-order chi connectivity index (χ0) is 28.2. The van der Waals surface area contributed by atoms with Gasteiger partial charge in [-0.1, -0.05) is 44.2 Å². The van der Waals surface area contributed by atoms with Crippen molar-refractivity contribution in [3.05, 3.63) is 63.2 Å². The summed E-state index contributed by atoms with van der Waals surface area (Å²) >= 11 is 1.27. The number of imidazole rings is 1. The molecule has 3 aromatic rings. The summed E-state index contributed by atoms with van der Waals surface area (Å²) < 4.78 is 7.95. The number of aryl methyl sites for hydroxylation is 1. The maximum atomic E-state index is 13.3. The minimum atomic E-state index is -1.22. The zero-order valence-corrected chi connectivity index (χ0v) is 25.0. The number of nitrogens with zero attached hydrogens (tertiary/aromatic N) is 5. The molecule has 2 aromatic heterocycles. The second kappa shape index (κ2) is 12.4. The van der Waals surface area contributed by atoms with Crippen LogP contribution in [0.2, 0.25) is 25.7 Å². The molecule has 10 nitrogen and oxygen atoms in total. The van der Waals surface area contributed by atoms with E-state index in [0.717, 1.165) is 35.8 Å². The van der Waals surface area contributed by atoms with E-state index in [2.05, 4.69) is 39.9 Å². The Morgan fingerprint density at radius 2 is 1.90 bits per heavy atom. The number of carbonyl (C=O) groups is 1. The van der Waals surface area contributed by atoms with Crippen molar-refractivity contribution in [2.45, 2.75) is 87.9 Å². The number of hydrogen-bond donors (Lipinski definition) is 1. The lowest BCUT2D eigenvalue weighted by Crippen LogP contribution is -2.22. The highest BCUT2D eigenvalue weighted by Crippen LogP contribution is 2.35. The first-order valence-corrected chi connectivity index (χ1v) is 17.8. The Kier molecular flexibility index (Phi) is 9.18. The summed E-state index contributed by atoms with van der Waals surface area (Å²) in [5.74, 6) is 0.102. The first-order valence-electron chi connectivity index (χ1n) is 13.2. The van der Waals surface area contributed by atoms with Crippen molar-refractivity contribution in [3.8, 4) is 0 Å². The quantitative estimate of drug-likeness (QED) is 0.119. The molecule has 0 radical (unpaired) electrons. The Morgan fingerprint density at radius 1 is 1.21 bits per heavy atom. The van der Waals surface area contributed by atoms with Gasteiger partial charge in [-0.25, -0.2) is 15.0 Å². The number of non-ortho nitro benzene ring substituents is 1. The molecule has 1 aliphatic rings. The monoisotopic (exact) mass is 568 g/mol. The lowest BCUT2D eigenvalue weighted by molar-refractivity contribution is -0.384. The number of nitrogens with one attached hydrogen (secondary N) is 1. The Balaban J connectivity index is 1.55. The van der Waals surface area contributed by atoms with Crippen LogP contribution in [-0.2, 0) is 11.5 Å². The average molecular weight is 569 g/mol. The lowest BCUT2D eigenvalue weighted by atomic mass is 10.0. The Labute approximate surface area is 234 Å². The zero-order valence-electron chi connectivity index (χ0n) is 23.2. The fourth-order valence-electron chi connectivity index (χ4n) is 4.43. The molecule has 0 bridgehead atoms.